The lowest BCUT2D eigenvalue weighted by molar-refractivity contribution is -0.113. The summed E-state index contributed by atoms with van der Waals surface area (Å²) in [5, 5.41) is 12.6. The van der Waals surface area contributed by atoms with Gasteiger partial charge in [-0.1, -0.05) is 37.2 Å². The molecule has 0 atom stereocenters. The summed E-state index contributed by atoms with van der Waals surface area (Å²) < 4.78 is 12.7. The van der Waals surface area contributed by atoms with Gasteiger partial charge in [0.25, 0.3) is 0 Å². The van der Waals surface area contributed by atoms with Gasteiger partial charge in [0.1, 0.15) is 17.3 Å². The molecule has 0 unspecified atom stereocenters. The zero-order valence-corrected chi connectivity index (χ0v) is 17.4. The van der Waals surface area contributed by atoms with Crippen molar-refractivity contribution >= 4 is 35.0 Å². The second-order valence-electron chi connectivity index (χ2n) is 6.62. The largest absolute Gasteiger partial charge is 0.495 e. The number of anilines is 1. The van der Waals surface area contributed by atoms with Crippen LogP contribution in [0.1, 0.15) is 44.5 Å². The SMILES string of the molecule is COc1cc(NC(=O)CSc2nnc(C(C)C)n2C2CC2)c(OC)cc1Cl. The molecule has 1 fully saturated rings. The van der Waals surface area contributed by atoms with E-state index >= 15 is 0 Å². The monoisotopic (exact) mass is 410 g/mol. The summed E-state index contributed by atoms with van der Waals surface area (Å²) in [6.45, 7) is 4.20. The first kappa shape index (κ1) is 19.8. The van der Waals surface area contributed by atoms with E-state index in [2.05, 4.69) is 33.9 Å². The number of carbonyl (C=O) groups excluding carboxylic acids is 1. The van der Waals surface area contributed by atoms with Crippen LogP contribution in [0.15, 0.2) is 17.3 Å². The van der Waals surface area contributed by atoms with E-state index in [4.69, 9.17) is 21.1 Å². The van der Waals surface area contributed by atoms with Gasteiger partial charge >= 0.3 is 0 Å². The molecule has 1 heterocycles. The standard InChI is InChI=1S/C18H23ClN4O3S/c1-10(2)17-21-22-18(23(17)11-5-6-11)27-9-16(24)20-13-8-14(25-3)12(19)7-15(13)26-4/h7-8,10-11H,5-6,9H2,1-4H3,(H,20,24). The van der Waals surface area contributed by atoms with Crippen LogP contribution in [-0.2, 0) is 4.79 Å². The van der Waals surface area contributed by atoms with Gasteiger partial charge in [-0.2, -0.15) is 0 Å². The number of ether oxygens (including phenoxy) is 2. The number of aromatic nitrogens is 3. The smallest absolute Gasteiger partial charge is 0.234 e. The highest BCUT2D eigenvalue weighted by atomic mass is 35.5. The van der Waals surface area contributed by atoms with Gasteiger partial charge in [0, 0.05) is 24.1 Å². The summed E-state index contributed by atoms with van der Waals surface area (Å²) in [6, 6.07) is 3.72. The third kappa shape index (κ3) is 4.50. The maximum absolute atomic E-state index is 12.5. The van der Waals surface area contributed by atoms with Crippen LogP contribution in [0, 0.1) is 0 Å². The van der Waals surface area contributed by atoms with Gasteiger partial charge in [-0.3, -0.25) is 4.79 Å². The van der Waals surface area contributed by atoms with Gasteiger partial charge in [0.15, 0.2) is 5.16 Å². The van der Waals surface area contributed by atoms with Crippen molar-refractivity contribution in [3.63, 3.8) is 0 Å². The number of hydrogen-bond acceptors (Lipinski definition) is 6. The maximum atomic E-state index is 12.5. The topological polar surface area (TPSA) is 78.3 Å². The number of methoxy groups -OCH3 is 2. The predicted octanol–water partition coefficient (Wildman–Crippen LogP) is 4.14. The van der Waals surface area contributed by atoms with E-state index in [0.29, 0.717) is 34.2 Å². The number of nitrogens with one attached hydrogen (secondary N) is 1. The molecule has 1 aromatic heterocycles. The van der Waals surface area contributed by atoms with Gasteiger partial charge in [0.05, 0.1) is 30.7 Å². The fourth-order valence-electron chi connectivity index (χ4n) is 2.73. The molecule has 0 saturated heterocycles. The van der Waals surface area contributed by atoms with Crippen LogP contribution in [0.25, 0.3) is 0 Å². The maximum Gasteiger partial charge on any atom is 0.234 e. The van der Waals surface area contributed by atoms with Crippen molar-refractivity contribution in [1.29, 1.82) is 0 Å². The molecular formula is C18H23ClN4O3S. The average molecular weight is 411 g/mol. The van der Waals surface area contributed by atoms with E-state index in [1.54, 1.807) is 12.1 Å². The van der Waals surface area contributed by atoms with Crippen molar-refractivity contribution < 1.29 is 14.3 Å². The van der Waals surface area contributed by atoms with Gasteiger partial charge < -0.3 is 19.4 Å². The van der Waals surface area contributed by atoms with Crippen molar-refractivity contribution in [2.45, 2.75) is 43.8 Å². The Labute approximate surface area is 167 Å². The first-order valence-corrected chi connectivity index (χ1v) is 10.1. The minimum Gasteiger partial charge on any atom is -0.495 e. The summed E-state index contributed by atoms with van der Waals surface area (Å²) in [5.41, 5.74) is 0.510. The number of carbonyl (C=O) groups is 1. The predicted molar refractivity (Wildman–Crippen MR) is 106 cm³/mol. The Morgan fingerprint density at radius 2 is 2.00 bits per heavy atom. The zero-order chi connectivity index (χ0) is 19.6. The van der Waals surface area contributed by atoms with E-state index in [0.717, 1.165) is 23.8 Å². The molecular weight excluding hydrogens is 388 g/mol. The van der Waals surface area contributed by atoms with Crippen molar-refractivity contribution in [2.24, 2.45) is 0 Å². The number of halogens is 1. The first-order valence-electron chi connectivity index (χ1n) is 8.73. The Kier molecular flexibility index (Phi) is 6.16. The molecule has 1 aliphatic rings. The molecule has 27 heavy (non-hydrogen) atoms. The minimum absolute atomic E-state index is 0.167. The fraction of sp³-hybridized carbons (Fsp3) is 0.500. The Bertz CT molecular complexity index is 836. The van der Waals surface area contributed by atoms with Crippen LogP contribution in [0.3, 0.4) is 0 Å². The molecule has 1 amide bonds. The number of amides is 1. The van der Waals surface area contributed by atoms with Gasteiger partial charge in [-0.05, 0) is 12.8 Å². The fourth-order valence-corrected chi connectivity index (χ4v) is 3.77. The van der Waals surface area contributed by atoms with Crippen LogP contribution in [0.5, 0.6) is 11.5 Å². The number of thioether (sulfide) groups is 1. The summed E-state index contributed by atoms with van der Waals surface area (Å²) in [6.07, 6.45) is 2.28. The highest BCUT2D eigenvalue weighted by molar-refractivity contribution is 7.99. The van der Waals surface area contributed by atoms with E-state index in [9.17, 15) is 4.79 Å². The summed E-state index contributed by atoms with van der Waals surface area (Å²) in [7, 11) is 3.04. The molecule has 0 spiro atoms. The molecule has 1 aliphatic carbocycles. The van der Waals surface area contributed by atoms with E-state index < -0.39 is 0 Å². The Balaban J connectivity index is 1.69. The zero-order valence-electron chi connectivity index (χ0n) is 15.8. The molecule has 1 aromatic carbocycles. The Morgan fingerprint density at radius 3 is 2.59 bits per heavy atom. The molecule has 1 saturated carbocycles. The summed E-state index contributed by atoms with van der Waals surface area (Å²) in [5.74, 6) is 2.27. The number of hydrogen-bond donors (Lipinski definition) is 1. The molecule has 0 bridgehead atoms. The molecule has 146 valence electrons. The highest BCUT2D eigenvalue weighted by Crippen LogP contribution is 2.40. The average Bonchev–Trinajstić information content (AvgIpc) is 3.39. The van der Waals surface area contributed by atoms with Crippen molar-refractivity contribution in [3.05, 3.63) is 23.0 Å². The van der Waals surface area contributed by atoms with E-state index in [-0.39, 0.29) is 11.7 Å². The van der Waals surface area contributed by atoms with Crippen molar-refractivity contribution in [2.75, 3.05) is 25.3 Å². The Morgan fingerprint density at radius 1 is 1.30 bits per heavy atom. The summed E-state index contributed by atoms with van der Waals surface area (Å²) in [4.78, 5) is 12.5. The quantitative estimate of drug-likeness (QED) is 0.659. The number of nitrogens with zero attached hydrogens (tertiary/aromatic N) is 3. The van der Waals surface area contributed by atoms with Crippen LogP contribution in [-0.4, -0.2) is 40.6 Å². The molecule has 0 aliphatic heterocycles. The first-order chi connectivity index (χ1) is 12.9. The second-order valence-corrected chi connectivity index (χ2v) is 7.97. The highest BCUT2D eigenvalue weighted by Gasteiger charge is 2.30. The van der Waals surface area contributed by atoms with Crippen molar-refractivity contribution in [3.8, 4) is 11.5 Å². The normalized spacial score (nSPS) is 13.7. The minimum atomic E-state index is -0.167. The third-order valence-corrected chi connectivity index (χ3v) is 5.44. The lowest BCUT2D eigenvalue weighted by Gasteiger charge is -2.13. The van der Waals surface area contributed by atoms with Crippen LogP contribution in [0.2, 0.25) is 5.02 Å². The Hall–Kier alpha value is -1.93. The van der Waals surface area contributed by atoms with E-state index in [1.165, 1.54) is 26.0 Å². The molecule has 9 heteroatoms. The summed E-state index contributed by atoms with van der Waals surface area (Å²) >= 11 is 7.49. The van der Waals surface area contributed by atoms with Crippen molar-refractivity contribution in [1.82, 2.24) is 14.8 Å². The van der Waals surface area contributed by atoms with E-state index in [1.807, 2.05) is 0 Å². The molecule has 7 nitrogen and oxygen atoms in total. The molecule has 3 rings (SSSR count). The molecule has 2 aromatic rings. The third-order valence-electron chi connectivity index (χ3n) is 4.20. The van der Waals surface area contributed by atoms with Crippen LogP contribution < -0.4 is 14.8 Å². The number of benzene rings is 1. The molecule has 1 N–H and O–H groups in total. The number of rotatable bonds is 8. The molecule has 0 radical (unpaired) electrons. The van der Waals surface area contributed by atoms with Gasteiger partial charge in [-0.15, -0.1) is 10.2 Å². The van der Waals surface area contributed by atoms with Crippen LogP contribution >= 0.6 is 23.4 Å². The lowest BCUT2D eigenvalue weighted by Crippen LogP contribution is -2.15. The van der Waals surface area contributed by atoms with Gasteiger partial charge in [0.2, 0.25) is 5.91 Å². The van der Waals surface area contributed by atoms with Gasteiger partial charge in [-0.25, -0.2) is 0 Å². The van der Waals surface area contributed by atoms with Crippen LogP contribution in [0.4, 0.5) is 5.69 Å². The second kappa shape index (κ2) is 8.39. The lowest BCUT2D eigenvalue weighted by atomic mass is 10.2.